The van der Waals surface area contributed by atoms with Crippen molar-refractivity contribution in [1.82, 2.24) is 4.90 Å². The molecule has 3 atom stereocenters. The Balaban J connectivity index is 2.55. The molecule has 2 N–H and O–H groups in total. The van der Waals surface area contributed by atoms with Crippen LogP contribution in [0.5, 0.6) is 0 Å². The lowest BCUT2D eigenvalue weighted by atomic mass is 10.0. The van der Waals surface area contributed by atoms with Crippen LogP contribution in [0.25, 0.3) is 0 Å². The molecule has 0 aromatic rings. The van der Waals surface area contributed by atoms with E-state index < -0.39 is 0 Å². The first-order valence-electron chi connectivity index (χ1n) is 5.16. The lowest BCUT2D eigenvalue weighted by Crippen LogP contribution is -2.44. The van der Waals surface area contributed by atoms with Gasteiger partial charge in [0.15, 0.2) is 0 Å². The molecule has 14 heavy (non-hydrogen) atoms. The van der Waals surface area contributed by atoms with Crippen LogP contribution in [-0.2, 0) is 9.53 Å². The maximum absolute atomic E-state index is 11.9. The van der Waals surface area contributed by atoms with Gasteiger partial charge in [-0.15, -0.1) is 0 Å². The molecule has 82 valence electrons. The summed E-state index contributed by atoms with van der Waals surface area (Å²) in [4.78, 5) is 13.7. The van der Waals surface area contributed by atoms with Crippen LogP contribution in [0.3, 0.4) is 0 Å². The van der Waals surface area contributed by atoms with Crippen molar-refractivity contribution in [3.8, 4) is 0 Å². The molecule has 1 aliphatic heterocycles. The number of nitrogens with two attached hydrogens (primary N) is 1. The highest BCUT2D eigenvalue weighted by Crippen LogP contribution is 2.22. The summed E-state index contributed by atoms with van der Waals surface area (Å²) in [5.74, 6) is 0.182. The first-order valence-corrected chi connectivity index (χ1v) is 5.16. The van der Waals surface area contributed by atoms with Crippen molar-refractivity contribution in [3.63, 3.8) is 0 Å². The number of amides is 1. The Hall–Kier alpha value is -0.610. The molecule has 1 saturated heterocycles. The van der Waals surface area contributed by atoms with E-state index in [4.69, 9.17) is 10.5 Å². The number of rotatable bonds is 3. The minimum absolute atomic E-state index is 0.0222. The Kier molecular flexibility index (Phi) is 3.89. The van der Waals surface area contributed by atoms with Gasteiger partial charge in [-0.3, -0.25) is 4.79 Å². The molecular formula is C10H20N2O2. The van der Waals surface area contributed by atoms with Crippen molar-refractivity contribution in [2.75, 3.05) is 20.2 Å². The van der Waals surface area contributed by atoms with Gasteiger partial charge in [-0.2, -0.15) is 0 Å². The Labute approximate surface area is 85.4 Å². The van der Waals surface area contributed by atoms with E-state index in [1.807, 2.05) is 20.9 Å². The Morgan fingerprint density at radius 1 is 1.71 bits per heavy atom. The van der Waals surface area contributed by atoms with Crippen LogP contribution in [0.1, 0.15) is 20.3 Å². The number of nitrogens with zero attached hydrogens (tertiary/aromatic N) is 1. The smallest absolute Gasteiger partial charge is 0.228 e. The van der Waals surface area contributed by atoms with Crippen LogP contribution < -0.4 is 5.73 Å². The zero-order chi connectivity index (χ0) is 10.7. The molecule has 1 heterocycles. The molecule has 0 spiro atoms. The number of likely N-dealkylation sites (N-methyl/N-ethyl adjacent to an activating group) is 1. The SMILES string of the molecule is CC1OCCC1C(=O)N(C)C(C)CN. The van der Waals surface area contributed by atoms with Crippen molar-refractivity contribution in [3.05, 3.63) is 0 Å². The topological polar surface area (TPSA) is 55.6 Å². The number of carbonyl (C=O) groups excluding carboxylic acids is 1. The minimum atomic E-state index is 0.0222. The van der Waals surface area contributed by atoms with Gasteiger partial charge in [0, 0.05) is 26.2 Å². The van der Waals surface area contributed by atoms with Gasteiger partial charge in [-0.25, -0.2) is 0 Å². The number of carbonyl (C=O) groups is 1. The predicted octanol–water partition coefficient (Wildman–Crippen LogP) is 0.217. The third-order valence-electron chi connectivity index (χ3n) is 3.04. The largest absolute Gasteiger partial charge is 0.378 e. The van der Waals surface area contributed by atoms with Crippen molar-refractivity contribution in [2.45, 2.75) is 32.4 Å². The van der Waals surface area contributed by atoms with E-state index >= 15 is 0 Å². The van der Waals surface area contributed by atoms with Crippen LogP contribution in [0, 0.1) is 5.92 Å². The van der Waals surface area contributed by atoms with Gasteiger partial charge in [0.1, 0.15) is 0 Å². The third kappa shape index (κ3) is 2.25. The molecule has 3 unspecified atom stereocenters. The molecule has 1 fully saturated rings. The van der Waals surface area contributed by atoms with Gasteiger partial charge in [0.2, 0.25) is 5.91 Å². The summed E-state index contributed by atoms with van der Waals surface area (Å²) in [6.45, 7) is 5.11. The molecule has 4 nitrogen and oxygen atoms in total. The molecule has 4 heteroatoms. The van der Waals surface area contributed by atoms with E-state index in [0.29, 0.717) is 13.2 Å². The van der Waals surface area contributed by atoms with Gasteiger partial charge >= 0.3 is 0 Å². The summed E-state index contributed by atoms with van der Waals surface area (Å²) in [7, 11) is 1.81. The summed E-state index contributed by atoms with van der Waals surface area (Å²) in [6.07, 6.45) is 0.886. The molecule has 0 radical (unpaired) electrons. The van der Waals surface area contributed by atoms with Gasteiger partial charge in [-0.1, -0.05) is 0 Å². The van der Waals surface area contributed by atoms with Crippen LogP contribution in [0.4, 0.5) is 0 Å². The molecule has 0 bridgehead atoms. The molecule has 1 rings (SSSR count). The third-order valence-corrected chi connectivity index (χ3v) is 3.04. The molecular weight excluding hydrogens is 180 g/mol. The van der Waals surface area contributed by atoms with E-state index in [2.05, 4.69) is 0 Å². The van der Waals surface area contributed by atoms with Crippen molar-refractivity contribution < 1.29 is 9.53 Å². The summed E-state index contributed by atoms with van der Waals surface area (Å²) in [5.41, 5.74) is 5.52. The lowest BCUT2D eigenvalue weighted by Gasteiger charge is -2.27. The number of hydrogen-bond donors (Lipinski definition) is 1. The molecule has 1 amide bonds. The van der Waals surface area contributed by atoms with E-state index in [1.54, 1.807) is 4.90 Å². The first-order chi connectivity index (χ1) is 6.57. The zero-order valence-electron chi connectivity index (χ0n) is 9.19. The van der Waals surface area contributed by atoms with Crippen LogP contribution in [-0.4, -0.2) is 43.2 Å². The molecule has 0 aliphatic carbocycles. The fourth-order valence-electron chi connectivity index (χ4n) is 1.69. The van der Waals surface area contributed by atoms with Crippen LogP contribution in [0.15, 0.2) is 0 Å². The lowest BCUT2D eigenvalue weighted by molar-refractivity contribution is -0.137. The quantitative estimate of drug-likeness (QED) is 0.709. The number of ether oxygens (including phenoxy) is 1. The van der Waals surface area contributed by atoms with E-state index in [9.17, 15) is 4.79 Å². The molecule has 0 aromatic heterocycles. The maximum Gasteiger partial charge on any atom is 0.228 e. The maximum atomic E-state index is 11.9. The molecule has 0 saturated carbocycles. The average molecular weight is 200 g/mol. The van der Waals surface area contributed by atoms with Gasteiger partial charge in [-0.05, 0) is 20.3 Å². The average Bonchev–Trinajstić information content (AvgIpc) is 2.61. The second-order valence-electron chi connectivity index (χ2n) is 4.00. The minimum Gasteiger partial charge on any atom is -0.378 e. The zero-order valence-corrected chi connectivity index (χ0v) is 9.19. The Morgan fingerprint density at radius 2 is 2.36 bits per heavy atom. The van der Waals surface area contributed by atoms with E-state index in [-0.39, 0.29) is 24.0 Å². The Bertz CT molecular complexity index is 208. The van der Waals surface area contributed by atoms with E-state index in [0.717, 1.165) is 6.42 Å². The normalized spacial score (nSPS) is 28.9. The fourth-order valence-corrected chi connectivity index (χ4v) is 1.69. The van der Waals surface area contributed by atoms with Crippen molar-refractivity contribution in [1.29, 1.82) is 0 Å². The van der Waals surface area contributed by atoms with Gasteiger partial charge < -0.3 is 15.4 Å². The summed E-state index contributed by atoms with van der Waals surface area (Å²) >= 11 is 0. The predicted molar refractivity (Wildman–Crippen MR) is 54.8 cm³/mol. The standard InChI is InChI=1S/C10H20N2O2/c1-7(6-11)12(3)10(13)9-4-5-14-8(9)2/h7-9H,4-6,11H2,1-3H3. The molecule has 1 aliphatic rings. The van der Waals surface area contributed by atoms with Crippen molar-refractivity contribution >= 4 is 5.91 Å². The van der Waals surface area contributed by atoms with E-state index in [1.165, 1.54) is 0 Å². The van der Waals surface area contributed by atoms with Crippen molar-refractivity contribution in [2.24, 2.45) is 11.7 Å². The second kappa shape index (κ2) is 4.75. The highest BCUT2D eigenvalue weighted by molar-refractivity contribution is 5.79. The van der Waals surface area contributed by atoms with Gasteiger partial charge in [0.25, 0.3) is 0 Å². The summed E-state index contributed by atoms with van der Waals surface area (Å²) < 4.78 is 5.37. The second-order valence-corrected chi connectivity index (χ2v) is 4.00. The highest BCUT2D eigenvalue weighted by Gasteiger charge is 2.33. The first kappa shape index (κ1) is 11.5. The summed E-state index contributed by atoms with van der Waals surface area (Å²) in [6, 6.07) is 0.107. The summed E-state index contributed by atoms with van der Waals surface area (Å²) in [5, 5.41) is 0. The number of hydrogen-bond acceptors (Lipinski definition) is 3. The van der Waals surface area contributed by atoms with Crippen LogP contribution >= 0.6 is 0 Å². The monoisotopic (exact) mass is 200 g/mol. The van der Waals surface area contributed by atoms with Gasteiger partial charge in [0.05, 0.1) is 12.0 Å². The highest BCUT2D eigenvalue weighted by atomic mass is 16.5. The molecule has 0 aromatic carbocycles. The Morgan fingerprint density at radius 3 is 2.79 bits per heavy atom. The van der Waals surface area contributed by atoms with Crippen LogP contribution in [0.2, 0.25) is 0 Å². The fraction of sp³-hybridized carbons (Fsp3) is 0.900.